The molecule has 4 aromatic rings. The van der Waals surface area contributed by atoms with Gasteiger partial charge in [0.2, 0.25) is 10.3 Å². The number of benzene rings is 1. The van der Waals surface area contributed by atoms with Crippen LogP contribution in [-0.2, 0) is 9.53 Å². The molecule has 1 aliphatic rings. The molecule has 0 spiro atoms. The number of carbonyl (C=O) groups is 1. The second-order valence-electron chi connectivity index (χ2n) is 7.43. The fourth-order valence-corrected chi connectivity index (χ4v) is 4.48. The number of hydrogen-bond acceptors (Lipinski definition) is 9. The SMILES string of the molecule is COC(C(=O)Nc1nnc(NC2CCN(c3ccc4nccn4n3)C2)s1)c1ccccc1. The van der Waals surface area contributed by atoms with E-state index in [1.165, 1.54) is 18.4 Å². The summed E-state index contributed by atoms with van der Waals surface area (Å²) in [6.07, 6.45) is 3.82. The standard InChI is InChI=1S/C21H22N8O2S/c1-31-18(14-5-3-2-4-6-14)19(30)24-21-26-25-20(32-21)23-15-9-11-28(13-15)17-8-7-16-22-10-12-29(16)27-17/h2-8,10,12,15,18H,9,11,13H2,1H3,(H,23,25)(H,24,26,30). The van der Waals surface area contributed by atoms with Gasteiger partial charge in [-0.2, -0.15) is 0 Å². The minimum atomic E-state index is -0.708. The van der Waals surface area contributed by atoms with Crippen molar-refractivity contribution in [1.29, 1.82) is 0 Å². The first-order chi connectivity index (χ1) is 15.7. The zero-order valence-corrected chi connectivity index (χ0v) is 18.2. The van der Waals surface area contributed by atoms with E-state index in [0.717, 1.165) is 36.5 Å². The van der Waals surface area contributed by atoms with E-state index in [0.29, 0.717) is 10.3 Å². The Balaban J connectivity index is 1.19. The van der Waals surface area contributed by atoms with Gasteiger partial charge in [0.1, 0.15) is 5.82 Å². The highest BCUT2D eigenvalue weighted by atomic mass is 32.1. The molecule has 2 N–H and O–H groups in total. The molecule has 10 nitrogen and oxygen atoms in total. The molecule has 3 aromatic heterocycles. The number of hydrogen-bond donors (Lipinski definition) is 2. The number of imidazole rings is 1. The first-order valence-electron chi connectivity index (χ1n) is 10.2. The Morgan fingerprint density at radius 3 is 2.88 bits per heavy atom. The summed E-state index contributed by atoms with van der Waals surface area (Å²) in [6.45, 7) is 1.69. The van der Waals surface area contributed by atoms with Crippen LogP contribution in [0.5, 0.6) is 0 Å². The number of ether oxygens (including phenoxy) is 1. The Bertz CT molecular complexity index is 1210. The first kappa shape index (κ1) is 20.3. The summed E-state index contributed by atoms with van der Waals surface area (Å²) in [5.41, 5.74) is 1.61. The second-order valence-corrected chi connectivity index (χ2v) is 8.40. The minimum Gasteiger partial charge on any atom is -0.367 e. The van der Waals surface area contributed by atoms with Crippen molar-refractivity contribution in [3.05, 3.63) is 60.4 Å². The average Bonchev–Trinajstić information content (AvgIpc) is 3.56. The maximum atomic E-state index is 12.6. The van der Waals surface area contributed by atoms with Crippen molar-refractivity contribution in [2.75, 3.05) is 35.7 Å². The zero-order valence-electron chi connectivity index (χ0n) is 17.4. The monoisotopic (exact) mass is 450 g/mol. The van der Waals surface area contributed by atoms with Gasteiger partial charge in [0.15, 0.2) is 11.8 Å². The maximum Gasteiger partial charge on any atom is 0.259 e. The van der Waals surface area contributed by atoms with Gasteiger partial charge in [-0.15, -0.1) is 15.3 Å². The fourth-order valence-electron chi connectivity index (χ4n) is 3.76. The summed E-state index contributed by atoms with van der Waals surface area (Å²) in [6, 6.07) is 13.5. The lowest BCUT2D eigenvalue weighted by Crippen LogP contribution is -2.26. The van der Waals surface area contributed by atoms with Crippen LogP contribution in [0.15, 0.2) is 54.9 Å². The van der Waals surface area contributed by atoms with Crippen molar-refractivity contribution in [2.45, 2.75) is 18.6 Å². The van der Waals surface area contributed by atoms with Gasteiger partial charge in [-0.3, -0.25) is 10.1 Å². The summed E-state index contributed by atoms with van der Waals surface area (Å²) >= 11 is 1.30. The van der Waals surface area contributed by atoms with Gasteiger partial charge in [-0.25, -0.2) is 9.50 Å². The lowest BCUT2D eigenvalue weighted by molar-refractivity contribution is -0.126. The molecule has 5 rings (SSSR count). The van der Waals surface area contributed by atoms with Crippen LogP contribution in [0.25, 0.3) is 5.65 Å². The van der Waals surface area contributed by atoms with Gasteiger partial charge in [-0.1, -0.05) is 41.7 Å². The number of nitrogens with zero attached hydrogens (tertiary/aromatic N) is 6. The Hall–Kier alpha value is -3.57. The molecular weight excluding hydrogens is 428 g/mol. The minimum absolute atomic E-state index is 0.211. The Labute approximate surface area is 188 Å². The molecule has 1 saturated heterocycles. The highest BCUT2D eigenvalue weighted by Gasteiger charge is 2.25. The molecule has 11 heteroatoms. The summed E-state index contributed by atoms with van der Waals surface area (Å²) in [4.78, 5) is 19.1. The Morgan fingerprint density at radius 1 is 1.19 bits per heavy atom. The van der Waals surface area contributed by atoms with E-state index in [9.17, 15) is 4.79 Å². The normalized spacial score (nSPS) is 16.9. The van der Waals surface area contributed by atoms with E-state index in [4.69, 9.17) is 4.74 Å². The molecule has 32 heavy (non-hydrogen) atoms. The molecule has 164 valence electrons. The second kappa shape index (κ2) is 8.89. The molecule has 4 heterocycles. The van der Waals surface area contributed by atoms with E-state index in [1.807, 2.05) is 48.7 Å². The first-order valence-corrected chi connectivity index (χ1v) is 11.1. The van der Waals surface area contributed by atoms with Gasteiger partial charge in [0.05, 0.1) is 0 Å². The third kappa shape index (κ3) is 4.25. The van der Waals surface area contributed by atoms with E-state index in [-0.39, 0.29) is 11.9 Å². The predicted octanol–water partition coefficient (Wildman–Crippen LogP) is 2.60. The summed E-state index contributed by atoms with van der Waals surface area (Å²) in [5.74, 6) is 0.631. The number of methoxy groups -OCH3 is 1. The Morgan fingerprint density at radius 2 is 2.03 bits per heavy atom. The van der Waals surface area contributed by atoms with Crippen molar-refractivity contribution in [1.82, 2.24) is 24.8 Å². The molecule has 2 atom stereocenters. The molecule has 2 unspecified atom stereocenters. The summed E-state index contributed by atoms with van der Waals surface area (Å²) in [7, 11) is 1.51. The number of nitrogens with one attached hydrogen (secondary N) is 2. The van der Waals surface area contributed by atoms with Gasteiger partial charge < -0.3 is 15.0 Å². The van der Waals surface area contributed by atoms with E-state index in [1.54, 1.807) is 10.7 Å². The largest absolute Gasteiger partial charge is 0.367 e. The highest BCUT2D eigenvalue weighted by molar-refractivity contribution is 7.19. The van der Waals surface area contributed by atoms with Crippen LogP contribution in [0.1, 0.15) is 18.1 Å². The smallest absolute Gasteiger partial charge is 0.259 e. The molecule has 1 aromatic carbocycles. The molecule has 0 radical (unpaired) electrons. The number of aromatic nitrogens is 5. The molecule has 0 bridgehead atoms. The molecule has 1 aliphatic heterocycles. The van der Waals surface area contributed by atoms with Crippen molar-refractivity contribution < 1.29 is 9.53 Å². The third-order valence-electron chi connectivity index (χ3n) is 5.31. The third-order valence-corrected chi connectivity index (χ3v) is 6.08. The number of carbonyl (C=O) groups excluding carboxylic acids is 1. The van der Waals surface area contributed by atoms with Crippen LogP contribution in [0, 0.1) is 0 Å². The predicted molar refractivity (Wildman–Crippen MR) is 122 cm³/mol. The van der Waals surface area contributed by atoms with Crippen molar-refractivity contribution in [2.24, 2.45) is 0 Å². The van der Waals surface area contributed by atoms with Gasteiger partial charge in [0.25, 0.3) is 5.91 Å². The number of fused-ring (bicyclic) bond motifs is 1. The van der Waals surface area contributed by atoms with E-state index in [2.05, 4.69) is 35.8 Å². The van der Waals surface area contributed by atoms with Crippen LogP contribution < -0.4 is 15.5 Å². The number of amides is 1. The van der Waals surface area contributed by atoms with Crippen LogP contribution in [0.2, 0.25) is 0 Å². The number of anilines is 3. The molecule has 1 amide bonds. The van der Waals surface area contributed by atoms with Crippen molar-refractivity contribution >= 4 is 39.0 Å². The summed E-state index contributed by atoms with van der Waals surface area (Å²) < 4.78 is 7.15. The van der Waals surface area contributed by atoms with Crippen molar-refractivity contribution in [3.8, 4) is 0 Å². The molecular formula is C21H22N8O2S. The lowest BCUT2D eigenvalue weighted by atomic mass is 10.1. The lowest BCUT2D eigenvalue weighted by Gasteiger charge is -2.17. The van der Waals surface area contributed by atoms with Crippen LogP contribution in [0.4, 0.5) is 16.1 Å². The fraction of sp³-hybridized carbons (Fsp3) is 0.286. The molecule has 0 saturated carbocycles. The van der Waals surface area contributed by atoms with Crippen LogP contribution >= 0.6 is 11.3 Å². The number of rotatable bonds is 7. The topological polar surface area (TPSA) is 110 Å². The van der Waals surface area contributed by atoms with Gasteiger partial charge >= 0.3 is 0 Å². The van der Waals surface area contributed by atoms with Gasteiger partial charge in [-0.05, 0) is 24.1 Å². The van der Waals surface area contributed by atoms with Gasteiger partial charge in [0, 0.05) is 38.6 Å². The molecule has 1 fully saturated rings. The maximum absolute atomic E-state index is 12.6. The average molecular weight is 451 g/mol. The molecule has 0 aliphatic carbocycles. The van der Waals surface area contributed by atoms with Crippen LogP contribution in [0.3, 0.4) is 0 Å². The van der Waals surface area contributed by atoms with E-state index >= 15 is 0 Å². The van der Waals surface area contributed by atoms with Crippen LogP contribution in [-0.4, -0.2) is 56.9 Å². The summed E-state index contributed by atoms with van der Waals surface area (Å²) in [5, 5.41) is 20.2. The van der Waals surface area contributed by atoms with E-state index < -0.39 is 6.10 Å². The quantitative estimate of drug-likeness (QED) is 0.442. The zero-order chi connectivity index (χ0) is 21.9. The highest BCUT2D eigenvalue weighted by Crippen LogP contribution is 2.26. The Kier molecular flexibility index (Phi) is 5.65. The van der Waals surface area contributed by atoms with Crippen molar-refractivity contribution in [3.63, 3.8) is 0 Å².